The van der Waals surface area contributed by atoms with E-state index in [0.717, 1.165) is 63.7 Å². The van der Waals surface area contributed by atoms with Crippen LogP contribution < -0.4 is 10.6 Å². The van der Waals surface area contributed by atoms with Crippen LogP contribution >= 0.6 is 0 Å². The van der Waals surface area contributed by atoms with Crippen LogP contribution in [0, 0.1) is 11.8 Å². The van der Waals surface area contributed by atoms with Gasteiger partial charge in [0.05, 0.1) is 12.2 Å². The Morgan fingerprint density at radius 3 is 2.05 bits per heavy atom. The fourth-order valence-corrected chi connectivity index (χ4v) is 3.39. The molecular formula is C25H36F6N4O6. The summed E-state index contributed by atoms with van der Waals surface area (Å²) < 4.78 is 68.7. The molecule has 0 radical (unpaired) electrons. The first-order valence-corrected chi connectivity index (χ1v) is 12.8. The zero-order chi connectivity index (χ0) is 31.4. The van der Waals surface area contributed by atoms with Gasteiger partial charge in [0, 0.05) is 51.9 Å². The molecule has 234 valence electrons. The number of rotatable bonds is 9. The number of amides is 1. The number of nitrogens with zero attached hydrogens (tertiary/aromatic N) is 2. The number of aliphatic carboxylic acids is 2. The number of carbonyl (C=O) groups excluding carboxylic acids is 1. The van der Waals surface area contributed by atoms with E-state index < -0.39 is 24.3 Å². The van der Waals surface area contributed by atoms with Gasteiger partial charge in [-0.3, -0.25) is 4.79 Å². The molecule has 1 fully saturated rings. The lowest BCUT2D eigenvalue weighted by atomic mass is 10.0. The van der Waals surface area contributed by atoms with Crippen LogP contribution in [0.1, 0.15) is 48.3 Å². The van der Waals surface area contributed by atoms with Crippen molar-refractivity contribution in [3.63, 3.8) is 0 Å². The standard InChI is InChI=1S/C21H34N4O2.2C2HF3O2/c1-15(2)13-22-20-18(21(26)23-14-16-4-5-16)12-17-6-8-25(10-11-27-3)9-7-19(17)24-20;2*3-2(4,5)1(6)7/h12,15-16H,4-11,13-14H2,1-3H3,(H,22,24)(H,23,26);2*(H,6,7). The van der Waals surface area contributed by atoms with Crippen molar-refractivity contribution in [1.82, 2.24) is 15.2 Å². The van der Waals surface area contributed by atoms with Gasteiger partial charge < -0.3 is 30.5 Å². The normalized spacial score (nSPS) is 15.4. The van der Waals surface area contributed by atoms with Crippen LogP contribution in [0.3, 0.4) is 0 Å². The van der Waals surface area contributed by atoms with Gasteiger partial charge >= 0.3 is 24.3 Å². The SMILES string of the molecule is COCCN1CCc2cc(C(=O)NCC3CC3)c(NCC(C)C)nc2CC1.O=C(O)C(F)(F)F.O=C(O)C(F)(F)F. The topological polar surface area (TPSA) is 141 Å². The second-order valence-corrected chi connectivity index (χ2v) is 9.86. The third kappa shape index (κ3) is 14.4. The predicted octanol–water partition coefficient (Wildman–Crippen LogP) is 3.60. The number of nitrogens with one attached hydrogen (secondary N) is 2. The molecule has 0 spiro atoms. The van der Waals surface area contributed by atoms with Crippen molar-refractivity contribution >= 4 is 23.7 Å². The van der Waals surface area contributed by atoms with Gasteiger partial charge in [0.15, 0.2) is 0 Å². The van der Waals surface area contributed by atoms with E-state index in [1.54, 1.807) is 7.11 Å². The number of pyridine rings is 1. The average molecular weight is 603 g/mol. The van der Waals surface area contributed by atoms with Crippen LogP contribution in [0.4, 0.5) is 32.2 Å². The zero-order valence-corrected chi connectivity index (χ0v) is 23.0. The number of methoxy groups -OCH3 is 1. The number of fused-ring (bicyclic) bond motifs is 1. The third-order valence-electron chi connectivity index (χ3n) is 5.82. The first-order valence-electron chi connectivity index (χ1n) is 12.8. The molecule has 0 aromatic carbocycles. The number of carboxylic acid groups (broad SMARTS) is 2. The van der Waals surface area contributed by atoms with E-state index in [-0.39, 0.29) is 5.91 Å². The molecule has 1 saturated carbocycles. The Bertz CT molecular complexity index is 992. The zero-order valence-electron chi connectivity index (χ0n) is 23.0. The Kier molecular flexibility index (Phi) is 14.3. The lowest BCUT2D eigenvalue weighted by Gasteiger charge is -2.18. The highest BCUT2D eigenvalue weighted by Gasteiger charge is 2.38. The molecule has 0 atom stereocenters. The van der Waals surface area contributed by atoms with Crippen LogP contribution in [-0.2, 0) is 27.2 Å². The molecule has 0 saturated heterocycles. The first-order chi connectivity index (χ1) is 18.9. The maximum absolute atomic E-state index is 12.8. The van der Waals surface area contributed by atoms with Gasteiger partial charge in [0.2, 0.25) is 0 Å². The van der Waals surface area contributed by atoms with Gasteiger partial charge in [0.1, 0.15) is 5.82 Å². The summed E-state index contributed by atoms with van der Waals surface area (Å²) in [4.78, 5) is 37.9. The fourth-order valence-electron chi connectivity index (χ4n) is 3.39. The smallest absolute Gasteiger partial charge is 0.475 e. The number of aromatic nitrogens is 1. The minimum Gasteiger partial charge on any atom is -0.475 e. The summed E-state index contributed by atoms with van der Waals surface area (Å²) in [6.45, 7) is 9.59. The van der Waals surface area contributed by atoms with Crippen molar-refractivity contribution < 1.29 is 55.7 Å². The Hall–Kier alpha value is -3.14. The van der Waals surface area contributed by atoms with Crippen molar-refractivity contribution in [2.75, 3.05) is 51.8 Å². The van der Waals surface area contributed by atoms with Gasteiger partial charge in [-0.2, -0.15) is 26.3 Å². The molecule has 2 heterocycles. The summed E-state index contributed by atoms with van der Waals surface area (Å²) in [5.74, 6) is -3.60. The molecule has 1 aromatic rings. The molecule has 0 unspecified atom stereocenters. The fraction of sp³-hybridized carbons (Fsp3) is 0.680. The Labute approximate surface area is 233 Å². The van der Waals surface area contributed by atoms with Crippen LogP contribution in [0.15, 0.2) is 6.07 Å². The summed E-state index contributed by atoms with van der Waals surface area (Å²) in [5, 5.41) is 20.8. The summed E-state index contributed by atoms with van der Waals surface area (Å²) in [7, 11) is 1.74. The second kappa shape index (κ2) is 16.3. The molecule has 1 amide bonds. The lowest BCUT2D eigenvalue weighted by Crippen LogP contribution is -2.29. The number of hydrogen-bond acceptors (Lipinski definition) is 7. The quantitative estimate of drug-likeness (QED) is 0.312. The number of halogens is 6. The van der Waals surface area contributed by atoms with Crippen LogP contribution in [0.2, 0.25) is 0 Å². The van der Waals surface area contributed by atoms with E-state index in [0.29, 0.717) is 17.4 Å². The molecular weight excluding hydrogens is 566 g/mol. The number of ether oxygens (including phenoxy) is 1. The minimum absolute atomic E-state index is 0.00365. The Morgan fingerprint density at radius 2 is 1.59 bits per heavy atom. The van der Waals surface area contributed by atoms with Crippen molar-refractivity contribution in [3.8, 4) is 0 Å². The summed E-state index contributed by atoms with van der Waals surface area (Å²) >= 11 is 0. The highest BCUT2D eigenvalue weighted by molar-refractivity contribution is 5.99. The lowest BCUT2D eigenvalue weighted by molar-refractivity contribution is -0.193. The highest BCUT2D eigenvalue weighted by Crippen LogP contribution is 2.28. The largest absolute Gasteiger partial charge is 0.490 e. The molecule has 3 rings (SSSR count). The first kappa shape index (κ1) is 35.9. The second-order valence-electron chi connectivity index (χ2n) is 9.86. The molecule has 10 nitrogen and oxygen atoms in total. The van der Waals surface area contributed by atoms with E-state index in [9.17, 15) is 31.1 Å². The van der Waals surface area contributed by atoms with Crippen molar-refractivity contribution in [2.24, 2.45) is 11.8 Å². The molecule has 1 aromatic heterocycles. The van der Waals surface area contributed by atoms with E-state index in [1.165, 1.54) is 18.4 Å². The summed E-state index contributed by atoms with van der Waals surface area (Å²) in [6.07, 6.45) is -5.85. The van der Waals surface area contributed by atoms with E-state index in [1.807, 2.05) is 0 Å². The van der Waals surface area contributed by atoms with Crippen molar-refractivity contribution in [3.05, 3.63) is 22.9 Å². The van der Waals surface area contributed by atoms with Crippen LogP contribution in [-0.4, -0.2) is 96.7 Å². The van der Waals surface area contributed by atoms with Gasteiger partial charge in [-0.15, -0.1) is 0 Å². The van der Waals surface area contributed by atoms with E-state index in [4.69, 9.17) is 29.5 Å². The molecule has 2 aliphatic rings. The monoisotopic (exact) mass is 602 g/mol. The maximum atomic E-state index is 12.8. The number of carbonyl (C=O) groups is 3. The Balaban J connectivity index is 0.000000497. The van der Waals surface area contributed by atoms with Crippen molar-refractivity contribution in [1.29, 1.82) is 0 Å². The number of hydrogen-bond donors (Lipinski definition) is 4. The Morgan fingerprint density at radius 1 is 1.05 bits per heavy atom. The molecule has 0 bridgehead atoms. The number of carboxylic acids is 2. The molecule has 16 heteroatoms. The van der Waals surface area contributed by atoms with Crippen molar-refractivity contribution in [2.45, 2.75) is 51.9 Å². The van der Waals surface area contributed by atoms with Gasteiger partial charge in [-0.05, 0) is 42.7 Å². The van der Waals surface area contributed by atoms with Gasteiger partial charge in [0.25, 0.3) is 5.91 Å². The number of anilines is 1. The van der Waals surface area contributed by atoms with Gasteiger partial charge in [-0.25, -0.2) is 14.6 Å². The predicted molar refractivity (Wildman–Crippen MR) is 136 cm³/mol. The number of alkyl halides is 6. The van der Waals surface area contributed by atoms with E-state index in [2.05, 4.69) is 35.4 Å². The minimum atomic E-state index is -5.08. The van der Waals surface area contributed by atoms with Gasteiger partial charge in [-0.1, -0.05) is 13.8 Å². The van der Waals surface area contributed by atoms with Crippen LogP contribution in [0.5, 0.6) is 0 Å². The molecule has 41 heavy (non-hydrogen) atoms. The molecule has 4 N–H and O–H groups in total. The molecule has 1 aliphatic heterocycles. The highest BCUT2D eigenvalue weighted by atomic mass is 19.4. The average Bonchev–Trinajstić information content (AvgIpc) is 3.71. The third-order valence-corrected chi connectivity index (χ3v) is 5.82. The van der Waals surface area contributed by atoms with E-state index >= 15 is 0 Å². The summed E-state index contributed by atoms with van der Waals surface area (Å²) in [5.41, 5.74) is 3.03. The summed E-state index contributed by atoms with van der Waals surface area (Å²) in [6, 6.07) is 2.08. The van der Waals surface area contributed by atoms with Crippen LogP contribution in [0.25, 0.3) is 0 Å². The molecule has 1 aliphatic carbocycles. The maximum Gasteiger partial charge on any atom is 0.490 e.